The minimum atomic E-state index is -1.04. The van der Waals surface area contributed by atoms with Crippen molar-refractivity contribution >= 4 is 5.97 Å². The number of carbonyl (C=O) groups is 1. The third-order valence-corrected chi connectivity index (χ3v) is 4.66. The molecule has 23 heavy (non-hydrogen) atoms. The van der Waals surface area contributed by atoms with E-state index in [4.69, 9.17) is 5.11 Å². The molecule has 0 spiro atoms. The van der Waals surface area contributed by atoms with Crippen LogP contribution in [0.25, 0.3) is 0 Å². The first-order chi connectivity index (χ1) is 11.0. The Kier molecular flexibility index (Phi) is 6.56. The molecule has 7 heteroatoms. The molecule has 0 unspecified atom stereocenters. The minimum Gasteiger partial charge on any atom is -0.480 e. The molecule has 1 saturated heterocycles. The van der Waals surface area contributed by atoms with Gasteiger partial charge < -0.3 is 25.0 Å². The number of hydrogen-bond donors (Lipinski definition) is 3. The van der Waals surface area contributed by atoms with Crippen LogP contribution in [-0.4, -0.2) is 69.5 Å². The number of aliphatic carboxylic acids is 1. The first-order valence-corrected chi connectivity index (χ1v) is 8.33. The Balaban J connectivity index is 1.91. The third-order valence-electron chi connectivity index (χ3n) is 4.66. The average molecular weight is 324 g/mol. The number of aliphatic hydroxyl groups is 1. The summed E-state index contributed by atoms with van der Waals surface area (Å²) < 4.78 is 2.11. The topological polar surface area (TPSA) is 90.6 Å². The molecule has 1 aromatic heterocycles. The summed E-state index contributed by atoms with van der Waals surface area (Å²) >= 11 is 0. The Labute approximate surface area is 137 Å². The van der Waals surface area contributed by atoms with Crippen LogP contribution in [0.1, 0.15) is 25.6 Å². The Hall–Kier alpha value is -1.44. The van der Waals surface area contributed by atoms with E-state index in [0.717, 1.165) is 18.9 Å². The SMILES string of the molecule is CN[C@H](C(=O)O)[C@H](O)[C@H](C)Cc1nccn1CCN1CCCC1. The molecule has 1 aromatic rings. The summed E-state index contributed by atoms with van der Waals surface area (Å²) in [4.78, 5) is 18.0. The monoisotopic (exact) mass is 324 g/mol. The molecule has 0 aromatic carbocycles. The first kappa shape index (κ1) is 17.9. The van der Waals surface area contributed by atoms with Crippen molar-refractivity contribution in [3.63, 3.8) is 0 Å². The second-order valence-electron chi connectivity index (χ2n) is 6.36. The number of nitrogens with one attached hydrogen (secondary N) is 1. The number of hydrogen-bond acceptors (Lipinski definition) is 5. The van der Waals surface area contributed by atoms with Crippen molar-refractivity contribution in [3.8, 4) is 0 Å². The number of carboxylic acid groups (broad SMARTS) is 1. The summed E-state index contributed by atoms with van der Waals surface area (Å²) in [5.74, 6) is -0.336. The zero-order valence-electron chi connectivity index (χ0n) is 14.0. The van der Waals surface area contributed by atoms with Gasteiger partial charge in [-0.3, -0.25) is 4.79 Å². The van der Waals surface area contributed by atoms with Gasteiger partial charge >= 0.3 is 5.97 Å². The molecular weight excluding hydrogens is 296 g/mol. The fourth-order valence-corrected chi connectivity index (χ4v) is 3.17. The molecule has 3 N–H and O–H groups in total. The molecule has 0 aliphatic carbocycles. The van der Waals surface area contributed by atoms with Crippen molar-refractivity contribution in [3.05, 3.63) is 18.2 Å². The number of likely N-dealkylation sites (N-methyl/N-ethyl adjacent to an activating group) is 1. The van der Waals surface area contributed by atoms with Gasteiger partial charge in [-0.15, -0.1) is 0 Å². The van der Waals surface area contributed by atoms with Gasteiger partial charge in [-0.2, -0.15) is 0 Å². The molecule has 0 bridgehead atoms. The summed E-state index contributed by atoms with van der Waals surface area (Å²) in [6.45, 7) is 6.09. The fraction of sp³-hybridized carbons (Fsp3) is 0.750. The van der Waals surface area contributed by atoms with E-state index in [-0.39, 0.29) is 5.92 Å². The van der Waals surface area contributed by atoms with Gasteiger partial charge in [0.05, 0.1) is 6.10 Å². The fourth-order valence-electron chi connectivity index (χ4n) is 3.17. The van der Waals surface area contributed by atoms with Crippen LogP contribution < -0.4 is 5.32 Å². The van der Waals surface area contributed by atoms with Gasteiger partial charge in [-0.1, -0.05) is 6.92 Å². The number of imidazole rings is 1. The molecule has 0 radical (unpaired) electrons. The van der Waals surface area contributed by atoms with Crippen LogP contribution in [0.2, 0.25) is 0 Å². The van der Waals surface area contributed by atoms with Gasteiger partial charge in [0.2, 0.25) is 0 Å². The predicted octanol–water partition coefficient (Wildman–Crippen LogP) is 0.191. The highest BCUT2D eigenvalue weighted by Gasteiger charge is 2.30. The predicted molar refractivity (Wildman–Crippen MR) is 87.3 cm³/mol. The van der Waals surface area contributed by atoms with Crippen molar-refractivity contribution in [1.29, 1.82) is 0 Å². The maximum absolute atomic E-state index is 11.1. The zero-order chi connectivity index (χ0) is 16.8. The van der Waals surface area contributed by atoms with E-state index in [1.54, 1.807) is 13.2 Å². The number of aromatic nitrogens is 2. The van der Waals surface area contributed by atoms with Crippen LogP contribution in [0.3, 0.4) is 0 Å². The van der Waals surface area contributed by atoms with E-state index in [1.807, 2.05) is 13.1 Å². The van der Waals surface area contributed by atoms with Gasteiger partial charge in [-0.05, 0) is 38.9 Å². The third kappa shape index (κ3) is 4.76. The molecule has 2 rings (SSSR count). The number of aliphatic hydroxyl groups excluding tert-OH is 1. The van der Waals surface area contributed by atoms with Gasteiger partial charge in [0, 0.05) is 31.9 Å². The van der Waals surface area contributed by atoms with Crippen LogP contribution in [0.4, 0.5) is 0 Å². The Morgan fingerprint density at radius 2 is 2.09 bits per heavy atom. The van der Waals surface area contributed by atoms with E-state index < -0.39 is 18.1 Å². The Morgan fingerprint density at radius 1 is 1.39 bits per heavy atom. The highest BCUT2D eigenvalue weighted by atomic mass is 16.4. The van der Waals surface area contributed by atoms with Crippen molar-refractivity contribution in [2.24, 2.45) is 5.92 Å². The lowest BCUT2D eigenvalue weighted by Crippen LogP contribution is -2.47. The number of rotatable bonds is 9. The van der Waals surface area contributed by atoms with Gasteiger partial charge in [0.15, 0.2) is 0 Å². The lowest BCUT2D eigenvalue weighted by molar-refractivity contribution is -0.143. The Bertz CT molecular complexity index is 499. The summed E-state index contributed by atoms with van der Waals surface area (Å²) in [5, 5.41) is 22.0. The summed E-state index contributed by atoms with van der Waals surface area (Å²) in [6.07, 6.45) is 5.88. The second kappa shape index (κ2) is 8.42. The molecule has 0 amide bonds. The molecule has 1 aliphatic rings. The Morgan fingerprint density at radius 3 is 2.70 bits per heavy atom. The number of carboxylic acids is 1. The largest absolute Gasteiger partial charge is 0.480 e. The van der Waals surface area contributed by atoms with Gasteiger partial charge in [0.1, 0.15) is 11.9 Å². The summed E-state index contributed by atoms with van der Waals surface area (Å²) in [6, 6.07) is -0.960. The smallest absolute Gasteiger partial charge is 0.323 e. The van der Waals surface area contributed by atoms with Crippen LogP contribution in [0.15, 0.2) is 12.4 Å². The molecule has 130 valence electrons. The summed E-state index contributed by atoms with van der Waals surface area (Å²) in [7, 11) is 1.55. The van der Waals surface area contributed by atoms with Crippen LogP contribution >= 0.6 is 0 Å². The molecule has 0 saturated carbocycles. The molecular formula is C16H28N4O3. The quantitative estimate of drug-likeness (QED) is 0.601. The molecule has 7 nitrogen and oxygen atoms in total. The van der Waals surface area contributed by atoms with Gasteiger partial charge in [0.25, 0.3) is 0 Å². The van der Waals surface area contributed by atoms with Gasteiger partial charge in [-0.25, -0.2) is 4.98 Å². The maximum Gasteiger partial charge on any atom is 0.323 e. The second-order valence-corrected chi connectivity index (χ2v) is 6.36. The van der Waals surface area contributed by atoms with E-state index in [1.165, 1.54) is 25.9 Å². The van der Waals surface area contributed by atoms with Crippen molar-refractivity contribution in [2.75, 3.05) is 26.7 Å². The van der Waals surface area contributed by atoms with E-state index in [2.05, 4.69) is 19.8 Å². The highest BCUT2D eigenvalue weighted by molar-refractivity contribution is 5.74. The lowest BCUT2D eigenvalue weighted by atomic mass is 9.94. The zero-order valence-corrected chi connectivity index (χ0v) is 14.0. The molecule has 1 fully saturated rings. The first-order valence-electron chi connectivity index (χ1n) is 8.33. The maximum atomic E-state index is 11.1. The van der Waals surface area contributed by atoms with Crippen molar-refractivity contribution < 1.29 is 15.0 Å². The molecule has 3 atom stereocenters. The average Bonchev–Trinajstić information content (AvgIpc) is 3.16. The standard InChI is InChI=1S/C16H28N4O3/c1-12(15(21)14(17-2)16(22)23)11-13-18-5-8-20(13)10-9-19-6-3-4-7-19/h5,8,12,14-15,17,21H,3-4,6-7,9-11H2,1-2H3,(H,22,23)/t12-,14+,15-/m1/s1. The van der Waals surface area contributed by atoms with E-state index >= 15 is 0 Å². The normalized spacial score (nSPS) is 19.6. The van der Waals surface area contributed by atoms with Crippen molar-refractivity contribution in [1.82, 2.24) is 19.8 Å². The van der Waals surface area contributed by atoms with Crippen LogP contribution in [-0.2, 0) is 17.8 Å². The van der Waals surface area contributed by atoms with Crippen molar-refractivity contribution in [2.45, 2.75) is 44.9 Å². The van der Waals surface area contributed by atoms with Crippen LogP contribution in [0, 0.1) is 5.92 Å². The van der Waals surface area contributed by atoms with E-state index in [0.29, 0.717) is 6.42 Å². The number of likely N-dealkylation sites (tertiary alicyclic amines) is 1. The lowest BCUT2D eigenvalue weighted by Gasteiger charge is -2.24. The molecule has 2 heterocycles. The minimum absolute atomic E-state index is 0.198. The summed E-state index contributed by atoms with van der Waals surface area (Å²) in [5.41, 5.74) is 0. The number of nitrogens with zero attached hydrogens (tertiary/aromatic N) is 3. The van der Waals surface area contributed by atoms with E-state index in [9.17, 15) is 9.90 Å². The highest BCUT2D eigenvalue weighted by Crippen LogP contribution is 2.15. The van der Waals surface area contributed by atoms with Crippen LogP contribution in [0.5, 0.6) is 0 Å². The molecule has 1 aliphatic heterocycles.